The van der Waals surface area contributed by atoms with Crippen molar-refractivity contribution in [3.8, 4) is 56.3 Å². The van der Waals surface area contributed by atoms with E-state index in [-0.39, 0.29) is 21.7 Å². The van der Waals surface area contributed by atoms with Crippen molar-refractivity contribution >= 4 is 21.8 Å². The molecule has 4 heteroatoms. The maximum Gasteiger partial charge on any atom is 0.128 e. The molecule has 8 aromatic rings. The van der Waals surface area contributed by atoms with Gasteiger partial charge in [0.1, 0.15) is 5.75 Å². The predicted molar refractivity (Wildman–Crippen MR) is 259 cm³/mol. The van der Waals surface area contributed by atoms with E-state index < -0.39 is 0 Å². The largest absolute Gasteiger partial charge is 0.496 e. The number of pyridine rings is 2. The summed E-state index contributed by atoms with van der Waals surface area (Å²) in [5, 5.41) is 2.54. The topological polar surface area (TPSA) is 39.9 Å². The molecule has 0 spiro atoms. The number of rotatable bonds is 6. The van der Waals surface area contributed by atoms with Gasteiger partial charge >= 0.3 is 0 Å². The maximum atomic E-state index is 5.88. The minimum absolute atomic E-state index is 0.0167. The smallest absolute Gasteiger partial charge is 0.128 e. The van der Waals surface area contributed by atoms with Gasteiger partial charge < -0.3 is 9.30 Å². The molecule has 0 fully saturated rings. The minimum atomic E-state index is -0.0167. The number of fused-ring (bicyclic) bond motifs is 3. The highest BCUT2D eigenvalue weighted by Gasteiger charge is 2.24. The normalized spacial score (nSPS) is 12.7. The number of aromatic nitrogens is 3. The Morgan fingerprint density at radius 2 is 0.951 bits per heavy atom. The molecule has 0 N–H and O–H groups in total. The van der Waals surface area contributed by atoms with Crippen LogP contribution >= 0.6 is 0 Å². The Hall–Kier alpha value is -6.00. The first-order valence-corrected chi connectivity index (χ1v) is 21.7. The van der Waals surface area contributed by atoms with Gasteiger partial charge in [-0.25, -0.2) is 4.98 Å². The SMILES string of the molecule is COc1ccccc1-c1cc(-c2cc(C(C)(C)C)cc(C(C)(C)C)c2)cc(-c2cccc(-c3cc(-n4c5ccc(C(C)(C)C)cc5c5cc(C(C)(C)C)ccc54)ccn3)c2)n1. The molecular weight excluding hydrogens is 743 g/mol. The van der Waals surface area contributed by atoms with Gasteiger partial charge in [-0.1, -0.05) is 144 Å². The van der Waals surface area contributed by atoms with Gasteiger partial charge in [0.05, 0.1) is 35.2 Å². The highest BCUT2D eigenvalue weighted by Crippen LogP contribution is 2.41. The van der Waals surface area contributed by atoms with Crippen LogP contribution in [-0.2, 0) is 21.7 Å². The Labute approximate surface area is 363 Å². The van der Waals surface area contributed by atoms with Gasteiger partial charge in [-0.2, -0.15) is 0 Å². The molecule has 0 aliphatic heterocycles. The van der Waals surface area contributed by atoms with Gasteiger partial charge in [0.2, 0.25) is 0 Å². The van der Waals surface area contributed by atoms with Crippen LogP contribution in [0.15, 0.2) is 134 Å². The summed E-state index contributed by atoms with van der Waals surface area (Å²) in [4.78, 5) is 10.3. The van der Waals surface area contributed by atoms with Crippen molar-refractivity contribution in [1.82, 2.24) is 14.5 Å². The monoisotopic (exact) mass is 803 g/mol. The highest BCUT2D eigenvalue weighted by molar-refractivity contribution is 6.10. The number of hydrogen-bond donors (Lipinski definition) is 0. The summed E-state index contributed by atoms with van der Waals surface area (Å²) in [6.45, 7) is 27.5. The molecule has 61 heavy (non-hydrogen) atoms. The summed E-state index contributed by atoms with van der Waals surface area (Å²) in [5.41, 5.74) is 16.7. The van der Waals surface area contributed by atoms with Crippen LogP contribution in [-0.4, -0.2) is 21.6 Å². The number of ether oxygens (including phenoxy) is 1. The molecule has 0 unspecified atom stereocenters. The molecule has 0 atom stereocenters. The van der Waals surface area contributed by atoms with Gasteiger partial charge in [-0.15, -0.1) is 0 Å². The number of methoxy groups -OCH3 is 1. The lowest BCUT2D eigenvalue weighted by Gasteiger charge is -2.26. The van der Waals surface area contributed by atoms with E-state index in [1.165, 1.54) is 49.6 Å². The van der Waals surface area contributed by atoms with Crippen molar-refractivity contribution in [2.45, 2.75) is 105 Å². The second-order valence-corrected chi connectivity index (χ2v) is 20.9. The zero-order valence-electron chi connectivity index (χ0n) is 38.5. The number of nitrogens with zero attached hydrogens (tertiary/aromatic N) is 3. The van der Waals surface area contributed by atoms with Gasteiger partial charge in [0, 0.05) is 39.3 Å². The van der Waals surface area contributed by atoms with Crippen LogP contribution in [0.25, 0.3) is 72.4 Å². The first kappa shape index (κ1) is 41.7. The predicted octanol–water partition coefficient (Wildman–Crippen LogP) is 15.4. The lowest BCUT2D eigenvalue weighted by atomic mass is 9.79. The molecule has 4 nitrogen and oxygen atoms in total. The summed E-state index contributed by atoms with van der Waals surface area (Å²) >= 11 is 0. The fourth-order valence-electron chi connectivity index (χ4n) is 8.29. The van der Waals surface area contributed by atoms with Crippen molar-refractivity contribution in [2.24, 2.45) is 0 Å². The van der Waals surface area contributed by atoms with E-state index in [0.29, 0.717) is 0 Å². The van der Waals surface area contributed by atoms with E-state index in [1.807, 2.05) is 24.4 Å². The van der Waals surface area contributed by atoms with Crippen molar-refractivity contribution in [1.29, 1.82) is 0 Å². The van der Waals surface area contributed by atoms with E-state index in [0.717, 1.165) is 50.8 Å². The first-order chi connectivity index (χ1) is 28.7. The summed E-state index contributed by atoms with van der Waals surface area (Å²) < 4.78 is 8.29. The Bertz CT molecular complexity index is 2830. The van der Waals surface area contributed by atoms with Crippen molar-refractivity contribution in [2.75, 3.05) is 7.11 Å². The number of benzene rings is 5. The molecule has 0 radical (unpaired) electrons. The van der Waals surface area contributed by atoms with Gasteiger partial charge in [-0.05, 0) is 122 Å². The second-order valence-electron chi connectivity index (χ2n) is 20.9. The number of hydrogen-bond acceptors (Lipinski definition) is 3. The van der Waals surface area contributed by atoms with E-state index in [4.69, 9.17) is 14.7 Å². The Morgan fingerprint density at radius 3 is 1.51 bits per heavy atom. The quantitative estimate of drug-likeness (QED) is 0.168. The fraction of sp³-hybridized carbons (Fsp3) is 0.298. The summed E-state index contributed by atoms with van der Waals surface area (Å²) in [5.74, 6) is 0.793. The van der Waals surface area contributed by atoms with Crippen LogP contribution < -0.4 is 4.74 Å². The molecule has 0 aliphatic rings. The average Bonchev–Trinajstić information content (AvgIpc) is 3.55. The Balaban J connectivity index is 1.29. The molecule has 0 saturated carbocycles. The third-order valence-electron chi connectivity index (χ3n) is 12.2. The molecule has 0 saturated heterocycles. The van der Waals surface area contributed by atoms with E-state index >= 15 is 0 Å². The first-order valence-electron chi connectivity index (χ1n) is 21.7. The zero-order valence-corrected chi connectivity index (χ0v) is 38.5. The van der Waals surface area contributed by atoms with Crippen molar-refractivity contribution in [3.05, 3.63) is 156 Å². The van der Waals surface area contributed by atoms with Crippen LogP contribution in [0.2, 0.25) is 0 Å². The van der Waals surface area contributed by atoms with Crippen LogP contribution in [0.1, 0.15) is 105 Å². The van der Waals surface area contributed by atoms with Crippen LogP contribution in [0, 0.1) is 0 Å². The van der Waals surface area contributed by atoms with E-state index in [2.05, 4.69) is 197 Å². The third kappa shape index (κ3) is 8.25. The van der Waals surface area contributed by atoms with E-state index in [1.54, 1.807) is 7.11 Å². The highest BCUT2D eigenvalue weighted by atomic mass is 16.5. The second kappa shape index (κ2) is 15.2. The lowest BCUT2D eigenvalue weighted by Crippen LogP contribution is -2.16. The average molecular weight is 804 g/mol. The molecule has 310 valence electrons. The molecular formula is C57H61N3O. The lowest BCUT2D eigenvalue weighted by molar-refractivity contribution is 0.416. The van der Waals surface area contributed by atoms with Crippen LogP contribution in [0.4, 0.5) is 0 Å². The van der Waals surface area contributed by atoms with Gasteiger partial charge in [0.15, 0.2) is 0 Å². The summed E-state index contributed by atoms with van der Waals surface area (Å²) in [6.07, 6.45) is 1.94. The van der Waals surface area contributed by atoms with Gasteiger partial charge in [-0.3, -0.25) is 4.98 Å². The van der Waals surface area contributed by atoms with Crippen molar-refractivity contribution < 1.29 is 4.74 Å². The summed E-state index contributed by atoms with van der Waals surface area (Å²) in [7, 11) is 1.72. The molecule has 8 rings (SSSR count). The standard InChI is InChI=1S/C57H61N3O/c1-54(2,3)40-21-23-51-46(33-40)47-34-41(55(4,5)6)22-24-52(47)60(51)44-25-26-58-48(35-44)36-17-16-18-37(27-36)49-30-39(31-50(59-49)45-19-14-15-20-53(45)61-13)38-28-42(56(7,8)9)32-43(29-38)57(10,11)12/h14-35H,1-13H3. The molecule has 3 heterocycles. The maximum absolute atomic E-state index is 5.88. The molecule has 0 aliphatic carbocycles. The fourth-order valence-corrected chi connectivity index (χ4v) is 8.29. The van der Waals surface area contributed by atoms with Crippen molar-refractivity contribution in [3.63, 3.8) is 0 Å². The Morgan fingerprint density at radius 1 is 0.426 bits per heavy atom. The zero-order chi connectivity index (χ0) is 43.6. The summed E-state index contributed by atoms with van der Waals surface area (Å²) in [6, 6.07) is 46.7. The molecule has 5 aromatic carbocycles. The van der Waals surface area contributed by atoms with E-state index in [9.17, 15) is 0 Å². The third-order valence-corrected chi connectivity index (χ3v) is 12.2. The van der Waals surface area contributed by atoms with Crippen LogP contribution in [0.3, 0.4) is 0 Å². The minimum Gasteiger partial charge on any atom is -0.496 e. The Kier molecular flexibility index (Phi) is 10.4. The number of para-hydroxylation sites is 1. The van der Waals surface area contributed by atoms with Gasteiger partial charge in [0.25, 0.3) is 0 Å². The molecule has 3 aromatic heterocycles. The molecule has 0 bridgehead atoms. The molecule has 0 amide bonds. The van der Waals surface area contributed by atoms with Crippen LogP contribution in [0.5, 0.6) is 5.75 Å².